The van der Waals surface area contributed by atoms with Gasteiger partial charge in [-0.05, 0) is 16.7 Å². The van der Waals surface area contributed by atoms with Gasteiger partial charge in [-0.2, -0.15) is 0 Å². The molecule has 6 heteroatoms. The molecule has 2 aromatic rings. The maximum atomic E-state index is 8.20. The maximum Gasteiger partial charge on any atom is 0.141 e. The molecule has 2 heterocycles. The molecule has 2 aromatic heterocycles. The van der Waals surface area contributed by atoms with Crippen molar-refractivity contribution in [2.75, 3.05) is 0 Å². The van der Waals surface area contributed by atoms with Crippen molar-refractivity contribution < 1.29 is 0 Å². The summed E-state index contributed by atoms with van der Waals surface area (Å²) in [6, 6.07) is 1.76. The van der Waals surface area contributed by atoms with Crippen LogP contribution in [0, 0.1) is 0 Å². The van der Waals surface area contributed by atoms with Gasteiger partial charge in [0.05, 0.1) is 0 Å². The van der Waals surface area contributed by atoms with Gasteiger partial charge in [0.15, 0.2) is 0 Å². The number of aromatic amines is 1. The summed E-state index contributed by atoms with van der Waals surface area (Å²) < 4.78 is 0. The standard InChI is InChI=1S/C6H4N6/c7-12-11-6-4-1-2-8-5(4)9-3-10-6/h1-3H,(H,8,9,10). The largest absolute Gasteiger partial charge is 0.346 e. The average molecular weight is 160 g/mol. The van der Waals surface area contributed by atoms with Crippen LogP contribution in [0.2, 0.25) is 0 Å². The van der Waals surface area contributed by atoms with Crippen LogP contribution < -0.4 is 0 Å². The molecule has 0 aliphatic rings. The summed E-state index contributed by atoms with van der Waals surface area (Å²) in [4.78, 5) is 13.3. The molecule has 0 radical (unpaired) electrons. The smallest absolute Gasteiger partial charge is 0.141 e. The lowest BCUT2D eigenvalue weighted by Gasteiger charge is -1.90. The van der Waals surface area contributed by atoms with E-state index in [1.54, 1.807) is 12.3 Å². The molecule has 0 fully saturated rings. The minimum atomic E-state index is 0.351. The van der Waals surface area contributed by atoms with E-state index in [1.165, 1.54) is 6.33 Å². The number of azide groups is 1. The Balaban J connectivity index is 2.81. The number of hydrogen-bond acceptors (Lipinski definition) is 3. The zero-order valence-corrected chi connectivity index (χ0v) is 5.97. The maximum absolute atomic E-state index is 8.20. The fourth-order valence-electron chi connectivity index (χ4n) is 0.981. The number of aromatic nitrogens is 3. The number of fused-ring (bicyclic) bond motifs is 1. The van der Waals surface area contributed by atoms with Gasteiger partial charge in [0.25, 0.3) is 0 Å². The van der Waals surface area contributed by atoms with Crippen molar-refractivity contribution in [2.45, 2.75) is 0 Å². The molecule has 0 saturated heterocycles. The van der Waals surface area contributed by atoms with E-state index in [0.29, 0.717) is 11.5 Å². The quantitative estimate of drug-likeness (QED) is 0.392. The van der Waals surface area contributed by atoms with Crippen molar-refractivity contribution in [1.82, 2.24) is 15.0 Å². The van der Waals surface area contributed by atoms with Crippen molar-refractivity contribution in [1.29, 1.82) is 0 Å². The molecule has 0 unspecified atom stereocenters. The van der Waals surface area contributed by atoms with Crippen LogP contribution >= 0.6 is 0 Å². The second-order valence-electron chi connectivity index (χ2n) is 2.13. The Morgan fingerprint density at radius 2 is 2.42 bits per heavy atom. The fourth-order valence-corrected chi connectivity index (χ4v) is 0.981. The van der Waals surface area contributed by atoms with Crippen LogP contribution in [0.25, 0.3) is 21.5 Å². The van der Waals surface area contributed by atoms with Crippen LogP contribution in [0.3, 0.4) is 0 Å². The van der Waals surface area contributed by atoms with E-state index >= 15 is 0 Å². The van der Waals surface area contributed by atoms with E-state index in [2.05, 4.69) is 25.0 Å². The third-order valence-electron chi connectivity index (χ3n) is 1.47. The van der Waals surface area contributed by atoms with Crippen LogP contribution in [0.1, 0.15) is 0 Å². The first-order chi connectivity index (χ1) is 5.92. The summed E-state index contributed by atoms with van der Waals surface area (Å²) in [6.07, 6.45) is 3.07. The fraction of sp³-hybridized carbons (Fsp3) is 0. The molecule has 2 rings (SSSR count). The second-order valence-corrected chi connectivity index (χ2v) is 2.13. The molecule has 0 atom stereocenters. The third kappa shape index (κ3) is 0.869. The Bertz CT molecular complexity index is 452. The van der Waals surface area contributed by atoms with Crippen molar-refractivity contribution in [3.8, 4) is 0 Å². The molecule has 0 amide bonds. The van der Waals surface area contributed by atoms with E-state index in [-0.39, 0.29) is 0 Å². The third-order valence-corrected chi connectivity index (χ3v) is 1.47. The molecule has 12 heavy (non-hydrogen) atoms. The van der Waals surface area contributed by atoms with E-state index in [9.17, 15) is 0 Å². The molecule has 6 nitrogen and oxygen atoms in total. The first-order valence-electron chi connectivity index (χ1n) is 3.25. The lowest BCUT2D eigenvalue weighted by Crippen LogP contribution is -1.78. The molecule has 58 valence electrons. The van der Waals surface area contributed by atoms with Gasteiger partial charge in [-0.25, -0.2) is 9.97 Å². The number of nitrogens with zero attached hydrogens (tertiary/aromatic N) is 5. The topological polar surface area (TPSA) is 90.3 Å². The average Bonchev–Trinajstić information content (AvgIpc) is 2.53. The summed E-state index contributed by atoms with van der Waals surface area (Å²) in [6.45, 7) is 0. The van der Waals surface area contributed by atoms with Gasteiger partial charge in [-0.3, -0.25) is 0 Å². The van der Waals surface area contributed by atoms with Crippen LogP contribution in [0.4, 0.5) is 5.82 Å². The molecule has 0 aliphatic heterocycles. The SMILES string of the molecule is [N-]=[N+]=Nc1ncnc2[nH]ccc12. The molecule has 1 N–H and O–H groups in total. The Kier molecular flexibility index (Phi) is 1.39. The van der Waals surface area contributed by atoms with Gasteiger partial charge in [0, 0.05) is 16.5 Å². The zero-order valence-electron chi connectivity index (χ0n) is 5.97. The highest BCUT2D eigenvalue weighted by Gasteiger charge is 2.00. The molecular weight excluding hydrogens is 156 g/mol. The second kappa shape index (κ2) is 2.52. The van der Waals surface area contributed by atoms with E-state index in [4.69, 9.17) is 5.53 Å². The van der Waals surface area contributed by atoms with Crippen LogP contribution in [0.15, 0.2) is 23.7 Å². The molecule has 0 saturated carbocycles. The normalized spacial score (nSPS) is 9.67. The van der Waals surface area contributed by atoms with E-state index in [0.717, 1.165) is 5.39 Å². The minimum absolute atomic E-state index is 0.351. The van der Waals surface area contributed by atoms with Gasteiger partial charge >= 0.3 is 0 Å². The van der Waals surface area contributed by atoms with Crippen molar-refractivity contribution in [3.05, 3.63) is 29.0 Å². The van der Waals surface area contributed by atoms with Gasteiger partial charge in [0.2, 0.25) is 0 Å². The Hall–Kier alpha value is -2.07. The highest BCUT2D eigenvalue weighted by Crippen LogP contribution is 2.19. The summed E-state index contributed by atoms with van der Waals surface area (Å²) in [5, 5.41) is 4.15. The highest BCUT2D eigenvalue weighted by molar-refractivity contribution is 5.84. The number of nitrogens with one attached hydrogen (secondary N) is 1. The zero-order chi connectivity index (χ0) is 8.39. The molecule has 0 bridgehead atoms. The lowest BCUT2D eigenvalue weighted by atomic mass is 10.4. The first-order valence-corrected chi connectivity index (χ1v) is 3.25. The van der Waals surface area contributed by atoms with Gasteiger partial charge in [0.1, 0.15) is 17.8 Å². The minimum Gasteiger partial charge on any atom is -0.346 e. The monoisotopic (exact) mass is 160 g/mol. The predicted molar refractivity (Wildman–Crippen MR) is 42.7 cm³/mol. The van der Waals surface area contributed by atoms with Crippen LogP contribution in [-0.4, -0.2) is 15.0 Å². The Labute approximate surface area is 66.9 Å². The summed E-state index contributed by atoms with van der Waals surface area (Å²) in [5.74, 6) is 0.351. The Morgan fingerprint density at radius 1 is 1.50 bits per heavy atom. The molecular formula is C6H4N6. The molecule has 0 spiro atoms. The lowest BCUT2D eigenvalue weighted by molar-refractivity contribution is 1.18. The predicted octanol–water partition coefficient (Wildman–Crippen LogP) is 1.90. The van der Waals surface area contributed by atoms with Crippen molar-refractivity contribution in [2.24, 2.45) is 5.11 Å². The summed E-state index contributed by atoms with van der Waals surface area (Å²) in [7, 11) is 0. The van der Waals surface area contributed by atoms with E-state index < -0.39 is 0 Å². The number of rotatable bonds is 1. The van der Waals surface area contributed by atoms with Crippen molar-refractivity contribution >= 4 is 16.9 Å². The van der Waals surface area contributed by atoms with Gasteiger partial charge in [-0.1, -0.05) is 0 Å². The summed E-state index contributed by atoms with van der Waals surface area (Å²) in [5.41, 5.74) is 8.88. The molecule has 0 aliphatic carbocycles. The molecule has 0 aromatic carbocycles. The van der Waals surface area contributed by atoms with E-state index in [1.807, 2.05) is 0 Å². The Morgan fingerprint density at radius 3 is 3.25 bits per heavy atom. The first kappa shape index (κ1) is 6.63. The number of H-pyrrole nitrogens is 1. The summed E-state index contributed by atoms with van der Waals surface area (Å²) >= 11 is 0. The van der Waals surface area contributed by atoms with Crippen LogP contribution in [0.5, 0.6) is 0 Å². The van der Waals surface area contributed by atoms with Gasteiger partial charge in [-0.15, -0.1) is 0 Å². The number of hydrogen-bond donors (Lipinski definition) is 1. The van der Waals surface area contributed by atoms with Gasteiger partial charge < -0.3 is 4.98 Å². The highest BCUT2D eigenvalue weighted by atomic mass is 15.2. The van der Waals surface area contributed by atoms with Crippen LogP contribution in [-0.2, 0) is 0 Å². The van der Waals surface area contributed by atoms with Crippen molar-refractivity contribution in [3.63, 3.8) is 0 Å².